The molecule has 0 bridgehead atoms. The van der Waals surface area contributed by atoms with E-state index in [9.17, 15) is 19.1 Å². The largest absolute Gasteiger partial charge is 0.492 e. The normalized spacial score (nSPS) is 10.5. The number of urea groups is 1. The SMILES string of the molecule is Cc1nnc(O)cc1C(=O)N(C)Cc1csc(NC(=O)NCc2cccc(F)c2)n1. The molecule has 0 aliphatic rings. The summed E-state index contributed by atoms with van der Waals surface area (Å²) in [6.45, 7) is 2.00. The molecule has 0 saturated heterocycles. The number of benzene rings is 1. The summed E-state index contributed by atoms with van der Waals surface area (Å²) in [6, 6.07) is 6.74. The first-order valence-corrected chi connectivity index (χ1v) is 9.72. The van der Waals surface area contributed by atoms with Crippen molar-refractivity contribution in [3.05, 3.63) is 64.0 Å². The van der Waals surface area contributed by atoms with Crippen molar-refractivity contribution >= 4 is 28.4 Å². The number of aromatic hydroxyl groups is 1. The third-order valence-electron chi connectivity index (χ3n) is 4.06. The fraction of sp³-hybridized carbons (Fsp3) is 0.211. The van der Waals surface area contributed by atoms with E-state index >= 15 is 0 Å². The van der Waals surface area contributed by atoms with Gasteiger partial charge in [0.25, 0.3) is 5.91 Å². The Bertz CT molecular complexity index is 1070. The highest BCUT2D eigenvalue weighted by atomic mass is 32.1. The predicted molar refractivity (Wildman–Crippen MR) is 109 cm³/mol. The van der Waals surface area contributed by atoms with E-state index < -0.39 is 6.03 Å². The minimum absolute atomic E-state index is 0.172. The Kier molecular flexibility index (Phi) is 6.52. The molecule has 0 unspecified atom stereocenters. The Balaban J connectivity index is 1.54. The van der Waals surface area contributed by atoms with Gasteiger partial charge in [0.1, 0.15) is 5.82 Å². The van der Waals surface area contributed by atoms with E-state index in [1.165, 1.54) is 34.4 Å². The van der Waals surface area contributed by atoms with Gasteiger partial charge >= 0.3 is 6.03 Å². The molecule has 11 heteroatoms. The maximum Gasteiger partial charge on any atom is 0.321 e. The highest BCUT2D eigenvalue weighted by molar-refractivity contribution is 7.13. The highest BCUT2D eigenvalue weighted by Crippen LogP contribution is 2.18. The molecule has 3 rings (SSSR count). The van der Waals surface area contributed by atoms with Crippen LogP contribution in [0.15, 0.2) is 35.7 Å². The maximum atomic E-state index is 13.2. The second-order valence-corrected chi connectivity index (χ2v) is 7.30. The third kappa shape index (κ3) is 5.47. The number of aryl methyl sites for hydroxylation is 1. The van der Waals surface area contributed by atoms with Gasteiger partial charge in [0.15, 0.2) is 5.13 Å². The number of rotatable bonds is 6. The van der Waals surface area contributed by atoms with Crippen LogP contribution in [0.25, 0.3) is 0 Å². The van der Waals surface area contributed by atoms with E-state index in [4.69, 9.17) is 0 Å². The van der Waals surface area contributed by atoms with Gasteiger partial charge in [0, 0.05) is 25.0 Å². The summed E-state index contributed by atoms with van der Waals surface area (Å²) in [4.78, 5) is 30.3. The van der Waals surface area contributed by atoms with Gasteiger partial charge < -0.3 is 15.3 Å². The molecule has 9 nitrogen and oxygen atoms in total. The van der Waals surface area contributed by atoms with Crippen LogP contribution >= 0.6 is 11.3 Å². The molecular weight excluding hydrogens is 411 g/mol. The molecule has 3 amide bonds. The Morgan fingerprint density at radius 1 is 1.27 bits per heavy atom. The lowest BCUT2D eigenvalue weighted by Gasteiger charge is -2.16. The monoisotopic (exact) mass is 430 g/mol. The number of aromatic nitrogens is 3. The molecule has 3 aromatic rings. The van der Waals surface area contributed by atoms with Crippen molar-refractivity contribution in [3.63, 3.8) is 0 Å². The van der Waals surface area contributed by atoms with Gasteiger partial charge in [-0.25, -0.2) is 14.2 Å². The minimum atomic E-state index is -0.474. The molecule has 0 atom stereocenters. The number of thiazole rings is 1. The first kappa shape index (κ1) is 21.1. The van der Waals surface area contributed by atoms with Gasteiger partial charge in [-0.05, 0) is 24.6 Å². The topological polar surface area (TPSA) is 120 Å². The van der Waals surface area contributed by atoms with Crippen molar-refractivity contribution in [1.82, 2.24) is 25.4 Å². The molecule has 3 N–H and O–H groups in total. The van der Waals surface area contributed by atoms with Crippen LogP contribution in [-0.2, 0) is 13.1 Å². The van der Waals surface area contributed by atoms with Gasteiger partial charge in [-0.3, -0.25) is 10.1 Å². The van der Waals surface area contributed by atoms with Crippen molar-refractivity contribution in [2.75, 3.05) is 12.4 Å². The molecule has 156 valence electrons. The molecule has 0 aliphatic heterocycles. The van der Waals surface area contributed by atoms with Crippen molar-refractivity contribution < 1.29 is 19.1 Å². The van der Waals surface area contributed by atoms with Crippen LogP contribution in [0.5, 0.6) is 5.88 Å². The van der Waals surface area contributed by atoms with Gasteiger partial charge in [-0.1, -0.05) is 12.1 Å². The summed E-state index contributed by atoms with van der Waals surface area (Å²) in [7, 11) is 1.59. The third-order valence-corrected chi connectivity index (χ3v) is 4.86. The van der Waals surface area contributed by atoms with E-state index in [1.807, 2.05) is 0 Å². The number of carbonyl (C=O) groups is 2. The highest BCUT2D eigenvalue weighted by Gasteiger charge is 2.18. The van der Waals surface area contributed by atoms with E-state index in [2.05, 4.69) is 25.8 Å². The molecule has 0 saturated carbocycles. The number of hydrogen-bond acceptors (Lipinski definition) is 7. The lowest BCUT2D eigenvalue weighted by atomic mass is 10.2. The Morgan fingerprint density at radius 2 is 2.07 bits per heavy atom. The summed E-state index contributed by atoms with van der Waals surface area (Å²) < 4.78 is 13.2. The average molecular weight is 430 g/mol. The van der Waals surface area contributed by atoms with Crippen molar-refractivity contribution in [3.8, 4) is 5.88 Å². The molecule has 30 heavy (non-hydrogen) atoms. The summed E-state index contributed by atoms with van der Waals surface area (Å²) in [5.41, 5.74) is 1.87. The zero-order chi connectivity index (χ0) is 21.7. The molecule has 0 fully saturated rings. The van der Waals surface area contributed by atoms with Crippen LogP contribution in [0.3, 0.4) is 0 Å². The smallest absolute Gasteiger partial charge is 0.321 e. The van der Waals surface area contributed by atoms with Gasteiger partial charge in [0.05, 0.1) is 23.5 Å². The molecule has 2 aromatic heterocycles. The fourth-order valence-electron chi connectivity index (χ4n) is 2.59. The predicted octanol–water partition coefficient (Wildman–Crippen LogP) is 2.68. The van der Waals surface area contributed by atoms with E-state index in [0.29, 0.717) is 22.1 Å². The van der Waals surface area contributed by atoms with Crippen molar-refractivity contribution in [1.29, 1.82) is 0 Å². The van der Waals surface area contributed by atoms with Crippen LogP contribution < -0.4 is 10.6 Å². The summed E-state index contributed by atoms with van der Waals surface area (Å²) in [5.74, 6) is -1.04. The second-order valence-electron chi connectivity index (χ2n) is 6.44. The number of nitrogens with one attached hydrogen (secondary N) is 2. The average Bonchev–Trinajstić information content (AvgIpc) is 3.14. The Morgan fingerprint density at radius 3 is 2.83 bits per heavy atom. The fourth-order valence-corrected chi connectivity index (χ4v) is 3.28. The maximum absolute atomic E-state index is 13.2. The quantitative estimate of drug-likeness (QED) is 0.553. The first-order chi connectivity index (χ1) is 14.3. The first-order valence-electron chi connectivity index (χ1n) is 8.84. The zero-order valence-corrected chi connectivity index (χ0v) is 17.0. The van der Waals surface area contributed by atoms with Crippen LogP contribution in [0, 0.1) is 12.7 Å². The van der Waals surface area contributed by atoms with Gasteiger partial charge in [-0.2, -0.15) is 5.10 Å². The van der Waals surface area contributed by atoms with E-state index in [0.717, 1.165) is 0 Å². The van der Waals surface area contributed by atoms with Crippen LogP contribution in [0.1, 0.15) is 27.3 Å². The molecule has 1 aromatic carbocycles. The number of anilines is 1. The summed E-state index contributed by atoms with van der Waals surface area (Å²) in [6.07, 6.45) is 0. The lowest BCUT2D eigenvalue weighted by molar-refractivity contribution is 0.0781. The van der Waals surface area contributed by atoms with Gasteiger partial charge in [-0.15, -0.1) is 16.4 Å². The van der Waals surface area contributed by atoms with Crippen LogP contribution in [-0.4, -0.2) is 44.2 Å². The zero-order valence-electron chi connectivity index (χ0n) is 16.2. The number of hydrogen-bond donors (Lipinski definition) is 3. The number of carbonyl (C=O) groups excluding carboxylic acids is 2. The standard InChI is InChI=1S/C19H19FN6O3S/c1-11-15(7-16(27)25-24-11)17(28)26(2)9-14-10-30-19(22-14)23-18(29)21-8-12-4-3-5-13(20)6-12/h3-7,10H,8-9H2,1-2H3,(H,25,27)(H2,21,22,23,29). The Labute approximate surface area is 175 Å². The van der Waals surface area contributed by atoms with E-state index in [-0.39, 0.29) is 36.3 Å². The van der Waals surface area contributed by atoms with Gasteiger partial charge in [0.2, 0.25) is 5.88 Å². The number of nitrogens with zero attached hydrogens (tertiary/aromatic N) is 4. The van der Waals surface area contributed by atoms with Crippen LogP contribution in [0.4, 0.5) is 14.3 Å². The number of halogens is 1. The lowest BCUT2D eigenvalue weighted by Crippen LogP contribution is -2.28. The Hall–Kier alpha value is -3.60. The van der Waals surface area contributed by atoms with Crippen LogP contribution in [0.2, 0.25) is 0 Å². The van der Waals surface area contributed by atoms with Crippen molar-refractivity contribution in [2.45, 2.75) is 20.0 Å². The number of amides is 3. The molecule has 0 aliphatic carbocycles. The molecule has 0 spiro atoms. The molecule has 0 radical (unpaired) electrons. The van der Waals surface area contributed by atoms with Crippen molar-refractivity contribution in [2.24, 2.45) is 0 Å². The minimum Gasteiger partial charge on any atom is -0.492 e. The summed E-state index contributed by atoms with van der Waals surface area (Å²) in [5, 5.41) is 24.0. The second kappa shape index (κ2) is 9.27. The van der Waals surface area contributed by atoms with E-state index in [1.54, 1.807) is 31.5 Å². The molecule has 2 heterocycles. The summed E-state index contributed by atoms with van der Waals surface area (Å²) >= 11 is 1.21. The molecular formula is C19H19FN6O3S.